The molecule has 1 unspecified atom stereocenters. The molecule has 15 aromatic rings. The quantitative estimate of drug-likeness (QED) is 0.0337. The van der Waals surface area contributed by atoms with Crippen LogP contribution in [0.25, 0.3) is 112 Å². The number of amides is 1. The highest BCUT2D eigenvalue weighted by molar-refractivity contribution is 6.46. The fourth-order valence-corrected chi connectivity index (χ4v) is 20.6. The number of hydrogen-bond donors (Lipinski definition) is 10. The summed E-state index contributed by atoms with van der Waals surface area (Å²) in [5.74, 6) is 1.80. The summed E-state index contributed by atoms with van der Waals surface area (Å²) in [5.41, 5.74) is 20.5. The van der Waals surface area contributed by atoms with Gasteiger partial charge in [-0.25, -0.2) is 68.5 Å². The minimum atomic E-state index is -2.75. The van der Waals surface area contributed by atoms with Crippen molar-refractivity contribution in [1.82, 2.24) is 106 Å². The van der Waals surface area contributed by atoms with Gasteiger partial charge in [-0.1, -0.05) is 232 Å². The van der Waals surface area contributed by atoms with Crippen LogP contribution in [0.2, 0.25) is 50.2 Å². The summed E-state index contributed by atoms with van der Waals surface area (Å²) in [4.78, 5) is 68.5. The van der Waals surface area contributed by atoms with Crippen LogP contribution in [-0.4, -0.2) is 206 Å². The third-order valence-corrected chi connectivity index (χ3v) is 32.0. The van der Waals surface area contributed by atoms with Crippen molar-refractivity contribution in [3.8, 4) is 56.3 Å². The van der Waals surface area contributed by atoms with E-state index in [1.807, 2.05) is 47.1 Å². The van der Waals surface area contributed by atoms with Crippen molar-refractivity contribution in [3.05, 3.63) is 170 Å². The van der Waals surface area contributed by atoms with Gasteiger partial charge in [-0.05, 0) is 130 Å². The third kappa shape index (κ3) is 21.9. The predicted octanol–water partition coefficient (Wildman–Crippen LogP) is 23.5. The van der Waals surface area contributed by atoms with Gasteiger partial charge >= 0.3 is 0 Å². The first-order valence-corrected chi connectivity index (χ1v) is 50.6. The van der Waals surface area contributed by atoms with Gasteiger partial charge in [0, 0.05) is 105 Å². The van der Waals surface area contributed by atoms with Gasteiger partial charge in [0.1, 0.15) is 57.0 Å². The van der Waals surface area contributed by atoms with Crippen molar-refractivity contribution in [3.63, 3.8) is 0 Å². The zero-order valence-electron chi connectivity index (χ0n) is 79.8. The number of hydroxylamine groups is 1. The molecule has 5 aromatic carbocycles. The van der Waals surface area contributed by atoms with Crippen LogP contribution in [0.5, 0.6) is 0 Å². The molecule has 0 radical (unpaired) electrons. The van der Waals surface area contributed by atoms with E-state index in [4.69, 9.17) is 146 Å². The SMILES string of the molecule is CC(O)c1nc2c(-c3cccc(Cl)c3Cl)[nH]nc2nc1N1CCC(C)(C)CC1.CC1(C)CCN(c2nc3n[nH]c(-c4cccc(Cl)c4Cl)c3nc2C(=O)NO)CC1.CC1(C)CCN(c2nc3n[nH]c(-c4cccc(Cl)c4Cl)c3nc2C(F)F)CC1.CC1(C)CCN(c2nc3n[nH]c(-c4cccc(Cl)c4Cl)c3nc2CF)CC1.C[C@@H]1OCC2(CCN(c3nc4n[nH]c(-c5cccc(Cl)c5Cl)c4nc3CO)CC2)[C@@H]1N. The van der Waals surface area contributed by atoms with Crippen LogP contribution in [0.4, 0.5) is 42.3 Å². The number of rotatable bonds is 15. The Labute approximate surface area is 871 Å². The summed E-state index contributed by atoms with van der Waals surface area (Å²) >= 11 is 62.4. The second kappa shape index (κ2) is 42.7. The van der Waals surface area contributed by atoms with Gasteiger partial charge in [0.2, 0.25) is 28.2 Å². The first-order chi connectivity index (χ1) is 68.2. The highest BCUT2D eigenvalue weighted by atomic mass is 35.5. The number of carbonyl (C=O) groups is 1. The van der Waals surface area contributed by atoms with Crippen molar-refractivity contribution >= 4 is 207 Å². The fraction of sp³-hybridized carbons (Fsp3) is 0.429. The van der Waals surface area contributed by atoms with Crippen LogP contribution in [0.15, 0.2) is 91.0 Å². The molecule has 3 atom stereocenters. The van der Waals surface area contributed by atoms with Crippen molar-refractivity contribution < 1.29 is 38.1 Å². The first-order valence-electron chi connectivity index (χ1n) is 46.9. The maximum atomic E-state index is 13.8. The Morgan fingerprint density at radius 1 is 0.420 bits per heavy atom. The lowest BCUT2D eigenvalue weighted by Crippen LogP contribution is -2.51. The molecular weight excluding hydrogens is 2050 g/mol. The topological polar surface area (TPSA) is 414 Å². The van der Waals surface area contributed by atoms with Crippen LogP contribution >= 0.6 is 116 Å². The summed E-state index contributed by atoms with van der Waals surface area (Å²) in [7, 11) is 0. The number of halogens is 13. The highest BCUT2D eigenvalue weighted by Crippen LogP contribution is 2.48. The summed E-state index contributed by atoms with van der Waals surface area (Å²) in [6.45, 7) is 29.1. The number of aromatic nitrogens is 20. The van der Waals surface area contributed by atoms with Gasteiger partial charge in [0.25, 0.3) is 12.3 Å². The number of ether oxygens (including phenoxy) is 1. The molecule has 32 nitrogen and oxygen atoms in total. The van der Waals surface area contributed by atoms with Gasteiger partial charge in [-0.3, -0.25) is 35.5 Å². The Hall–Kier alpha value is -10.2. The molecule has 6 aliphatic rings. The number of anilines is 5. The Kier molecular flexibility index (Phi) is 31.1. The fourth-order valence-electron chi connectivity index (χ4n) is 18.6. The van der Waals surface area contributed by atoms with E-state index in [1.54, 1.807) is 73.1 Å². The molecule has 754 valence electrons. The van der Waals surface area contributed by atoms with Crippen LogP contribution in [-0.2, 0) is 18.0 Å². The van der Waals surface area contributed by atoms with Gasteiger partial charge in [-0.2, -0.15) is 25.5 Å². The van der Waals surface area contributed by atoms with E-state index in [0.29, 0.717) is 222 Å². The molecule has 1 amide bonds. The van der Waals surface area contributed by atoms with E-state index in [2.05, 4.69) is 151 Å². The van der Waals surface area contributed by atoms with Crippen LogP contribution < -0.4 is 35.7 Å². The van der Waals surface area contributed by atoms with Gasteiger partial charge in [0.05, 0.1) is 104 Å². The lowest BCUT2D eigenvalue weighted by atomic mass is 9.73. The molecule has 6 fully saturated rings. The van der Waals surface area contributed by atoms with Crippen molar-refractivity contribution in [2.24, 2.45) is 32.8 Å². The monoisotopic (exact) mass is 2150 g/mol. The lowest BCUT2D eigenvalue weighted by molar-refractivity contribution is 0.0701. The normalized spacial score (nSPS) is 18.3. The second-order valence-corrected chi connectivity index (χ2v) is 43.7. The van der Waals surface area contributed by atoms with E-state index in [9.17, 15) is 33.4 Å². The number of benzene rings is 5. The number of aliphatic hydroxyl groups is 2. The van der Waals surface area contributed by atoms with Gasteiger partial charge in [-0.15, -0.1) is 0 Å². The van der Waals surface area contributed by atoms with Gasteiger partial charge < -0.3 is 45.2 Å². The molecule has 143 heavy (non-hydrogen) atoms. The minimum Gasteiger partial charge on any atom is -0.390 e. The molecule has 0 aliphatic carbocycles. The van der Waals surface area contributed by atoms with E-state index in [0.717, 1.165) is 117 Å². The first kappa shape index (κ1) is 104. The average molecular weight is 2150 g/mol. The molecule has 6 saturated heterocycles. The van der Waals surface area contributed by atoms with Crippen molar-refractivity contribution in [2.75, 3.05) is 96.6 Å². The van der Waals surface area contributed by atoms with Crippen LogP contribution in [0.3, 0.4) is 0 Å². The van der Waals surface area contributed by atoms with E-state index >= 15 is 0 Å². The number of nitrogens with zero attached hydrogens (tertiary/aromatic N) is 20. The summed E-state index contributed by atoms with van der Waals surface area (Å²) in [6.07, 6.45) is 6.30. The number of H-pyrrole nitrogens is 5. The van der Waals surface area contributed by atoms with E-state index in [1.165, 1.54) is 0 Å². The van der Waals surface area contributed by atoms with E-state index in [-0.39, 0.29) is 63.4 Å². The molecule has 11 N–H and O–H groups in total. The number of aromatic amines is 5. The maximum absolute atomic E-state index is 13.8. The zero-order valence-corrected chi connectivity index (χ0v) is 87.4. The number of nitrogens with two attached hydrogens (primary N) is 1. The Morgan fingerprint density at radius 2 is 0.692 bits per heavy atom. The number of piperidine rings is 5. The molecule has 0 bridgehead atoms. The summed E-state index contributed by atoms with van der Waals surface area (Å²) in [5, 5.41) is 69.6. The number of alkyl halides is 3. The number of carbonyl (C=O) groups excluding carboxylic acids is 1. The maximum Gasteiger partial charge on any atom is 0.297 e. The molecule has 21 rings (SSSR count). The zero-order chi connectivity index (χ0) is 102. The summed E-state index contributed by atoms with van der Waals surface area (Å²) in [6, 6.07) is 26.5. The molecule has 6 aliphatic heterocycles. The molecule has 16 heterocycles. The van der Waals surface area contributed by atoms with Crippen LogP contribution in [0, 0.1) is 27.1 Å². The highest BCUT2D eigenvalue weighted by Gasteiger charge is 2.48. The average Bonchev–Trinajstić information content (AvgIpc) is 1.66. The number of fused-ring (bicyclic) bond motifs is 5. The lowest BCUT2D eigenvalue weighted by Gasteiger charge is -2.41. The molecule has 10 aromatic heterocycles. The number of nitrogens with one attached hydrogen (secondary N) is 6. The summed E-state index contributed by atoms with van der Waals surface area (Å²) < 4.78 is 47.3. The van der Waals surface area contributed by atoms with Crippen molar-refractivity contribution in [2.45, 2.75) is 171 Å². The minimum absolute atomic E-state index is 0.00958. The van der Waals surface area contributed by atoms with Crippen molar-refractivity contribution in [1.29, 1.82) is 0 Å². The predicted molar refractivity (Wildman–Crippen MR) is 559 cm³/mol. The third-order valence-electron chi connectivity index (χ3n) is 27.9. The van der Waals surface area contributed by atoms with Gasteiger partial charge in [0.15, 0.2) is 34.8 Å². The standard InChI is InChI=1S/C21H24Cl2N6O2.C20H23Cl2N5O.C19H19Cl2F2N5.C19H20Cl2FN5.C19H20Cl2N6O2/c1-11-18(24)21(10-31-11)5-7-29(8-6-21)20-14(9-30)25-17-16(27-28-19(17)26-20)12-3-2-4-13(22)15(12)23;1-11(28)15-19(27-9-7-20(2,3)8-10-27)24-18-17(23-15)16(25-26-18)12-5-4-6-13(21)14(12)22;1-19(2)6-8-28(9-7-19)18-15(16(22)23)24-14-13(26-27-17(14)25-18)10-4-3-5-11(20)12(10)21;1-19(2)6-8-27(9-7-19)18-13(10-22)23-16-15(25-26-17(16)24-18)11-4-3-5-12(20)14(11)21;1-19(2)6-8-27(9-7-19)17-15(18(28)26-29)22-14-13(24-25-16(14)23-17)10-4-3-5-11(20)12(10)21/h2-4,11,18,30H,5-10,24H2,1H3,(H,26,27,28);4-6,11,28H,7-10H2,1-3H3,(H,24,25,26);3-5,16H,6-9H2,1-2H3,(H,25,26,27);3-5H,6-10H2,1-2H3,(H,24,25,26);3-5,29H,6-9H2,1-2H3,(H,26,28)(H,23,24,25)/t11-,18+;;;;/m0..../s1. The van der Waals surface area contributed by atoms with E-state index < -0.39 is 25.1 Å². The smallest absolute Gasteiger partial charge is 0.297 e. The second-order valence-electron chi connectivity index (χ2n) is 39.8. The molecular formula is C98H106Cl10F3N27O5. The number of aliphatic hydroxyl groups excluding tert-OH is 2. The Morgan fingerprint density at radius 3 is 0.993 bits per heavy atom. The Balaban J connectivity index is 0.000000123. The Bertz CT molecular complexity index is 7050. The molecule has 45 heteroatoms. The number of hydrogen-bond acceptors (Lipinski definition) is 26. The van der Waals surface area contributed by atoms with Crippen LogP contribution in [0.1, 0.15) is 179 Å². The largest absolute Gasteiger partial charge is 0.390 e. The molecule has 1 spiro atoms. The molecule has 0 saturated carbocycles.